The zero-order valence-electron chi connectivity index (χ0n) is 14.6. The van der Waals surface area contributed by atoms with Crippen molar-refractivity contribution in [3.63, 3.8) is 0 Å². The third-order valence-electron chi connectivity index (χ3n) is 3.66. The van der Waals surface area contributed by atoms with Crippen LogP contribution in [0.5, 0.6) is 0 Å². The maximum absolute atomic E-state index is 11.0. The number of hydrogen-bond acceptors (Lipinski definition) is 11. The lowest BCUT2D eigenvalue weighted by Gasteiger charge is -2.39. The van der Waals surface area contributed by atoms with Gasteiger partial charge in [0.2, 0.25) is 0 Å². The predicted molar refractivity (Wildman–Crippen MR) is 98.8 cm³/mol. The summed E-state index contributed by atoms with van der Waals surface area (Å²) in [6.45, 7) is -0.607. The van der Waals surface area contributed by atoms with Crippen molar-refractivity contribution in [3.05, 3.63) is 0 Å². The Morgan fingerprint density at radius 3 is 2.44 bits per heavy atom. The van der Waals surface area contributed by atoms with E-state index in [0.29, 0.717) is 25.0 Å². The van der Waals surface area contributed by atoms with Crippen LogP contribution >= 0.6 is 11.8 Å². The predicted octanol–water partition coefficient (Wildman–Crippen LogP) is -1.41. The van der Waals surface area contributed by atoms with E-state index in [-0.39, 0.29) is 11.5 Å². The molecule has 0 aliphatic carbocycles. The third-order valence-corrected chi connectivity index (χ3v) is 5.96. The van der Waals surface area contributed by atoms with Crippen molar-refractivity contribution in [1.82, 2.24) is 0 Å². The molecular weight excluding hydrogens is 426 g/mol. The molecule has 0 amide bonds. The molecule has 0 spiro atoms. The SMILES string of the molecule is C[S+]([O-])CCCCC/C(=N/OS(=O)(=O)O)S[C@@H]1O[C@H](CO)[C@@H](O)[C@H](O)[C@H]1O. The zero-order valence-corrected chi connectivity index (χ0v) is 17.0. The van der Waals surface area contributed by atoms with E-state index in [0.717, 1.165) is 11.8 Å². The minimum atomic E-state index is -4.83. The van der Waals surface area contributed by atoms with Crippen LogP contribution in [0.2, 0.25) is 0 Å². The molecule has 1 aliphatic heterocycles. The molecular formula is C13H25NO10S3. The molecule has 0 aromatic heterocycles. The molecule has 1 heterocycles. The van der Waals surface area contributed by atoms with E-state index in [1.807, 2.05) is 0 Å². The highest BCUT2D eigenvalue weighted by atomic mass is 32.3. The van der Waals surface area contributed by atoms with Crippen molar-refractivity contribution in [3.8, 4) is 0 Å². The number of unbranched alkanes of at least 4 members (excludes halogenated alkanes) is 2. The number of aliphatic hydroxyl groups is 4. The van der Waals surface area contributed by atoms with Gasteiger partial charge in [0.1, 0.15) is 40.6 Å². The normalized spacial score (nSPS) is 30.9. The Balaban J connectivity index is 2.74. The Morgan fingerprint density at radius 2 is 1.89 bits per heavy atom. The monoisotopic (exact) mass is 451 g/mol. The highest BCUT2D eigenvalue weighted by Crippen LogP contribution is 2.30. The molecule has 1 aliphatic rings. The van der Waals surface area contributed by atoms with E-state index < -0.39 is 58.0 Å². The number of aliphatic hydroxyl groups excluding tert-OH is 4. The fourth-order valence-corrected chi connectivity index (χ4v) is 4.22. The molecule has 160 valence electrons. The molecule has 14 heteroatoms. The number of ether oxygens (including phenoxy) is 1. The van der Waals surface area contributed by atoms with Gasteiger partial charge in [-0.3, -0.25) is 4.55 Å². The maximum Gasteiger partial charge on any atom is 0.466 e. The van der Waals surface area contributed by atoms with Gasteiger partial charge in [-0.15, -0.1) is 0 Å². The summed E-state index contributed by atoms with van der Waals surface area (Å²) in [7, 11) is -4.83. The van der Waals surface area contributed by atoms with Crippen LogP contribution in [-0.4, -0.2) is 91.5 Å². The quantitative estimate of drug-likeness (QED) is 0.0655. The minimum Gasteiger partial charge on any atom is -0.617 e. The van der Waals surface area contributed by atoms with Crippen LogP contribution in [0.1, 0.15) is 25.7 Å². The lowest BCUT2D eigenvalue weighted by molar-refractivity contribution is -0.205. The van der Waals surface area contributed by atoms with Crippen LogP contribution in [0, 0.1) is 0 Å². The van der Waals surface area contributed by atoms with Crippen molar-refractivity contribution in [1.29, 1.82) is 0 Å². The Labute approximate surface area is 164 Å². The standard InChI is InChI=1S/C13H25NO10S3/c1-26(19)6-4-2-3-5-9(14-24-27(20,21)22)25-13-12(18)11(17)10(16)8(7-15)23-13/h8,10-13,15-18H,2-7H2,1H3,(H,20,21,22)/b14-9-/t8-,10-,11+,12-,13+,26?/m1/s1. The fraction of sp³-hybridized carbons (Fsp3) is 0.923. The number of thioether (sulfide) groups is 1. The van der Waals surface area contributed by atoms with Crippen molar-refractivity contribution in [2.75, 3.05) is 18.6 Å². The van der Waals surface area contributed by atoms with Crippen LogP contribution in [0.4, 0.5) is 0 Å². The number of hydrogen-bond donors (Lipinski definition) is 5. The van der Waals surface area contributed by atoms with E-state index in [1.54, 1.807) is 6.26 Å². The lowest BCUT2D eigenvalue weighted by Crippen LogP contribution is -2.57. The van der Waals surface area contributed by atoms with Gasteiger partial charge in [-0.25, -0.2) is 4.28 Å². The third kappa shape index (κ3) is 9.25. The molecule has 27 heavy (non-hydrogen) atoms. The van der Waals surface area contributed by atoms with Gasteiger partial charge in [-0.05, 0) is 25.7 Å². The van der Waals surface area contributed by atoms with Crippen LogP contribution in [0.3, 0.4) is 0 Å². The molecule has 1 saturated heterocycles. The van der Waals surface area contributed by atoms with Gasteiger partial charge in [-0.1, -0.05) is 28.1 Å². The maximum atomic E-state index is 11.0. The summed E-state index contributed by atoms with van der Waals surface area (Å²) in [6, 6.07) is 0. The van der Waals surface area contributed by atoms with Crippen molar-refractivity contribution >= 4 is 38.4 Å². The molecule has 11 nitrogen and oxygen atoms in total. The van der Waals surface area contributed by atoms with E-state index in [9.17, 15) is 33.4 Å². The second kappa shape index (κ2) is 11.7. The first-order valence-electron chi connectivity index (χ1n) is 8.05. The first-order valence-corrected chi connectivity index (χ1v) is 12.0. The van der Waals surface area contributed by atoms with E-state index in [1.165, 1.54) is 0 Å². The summed E-state index contributed by atoms with van der Waals surface area (Å²) in [4.78, 5) is 0. The molecule has 0 bridgehead atoms. The van der Waals surface area contributed by atoms with Gasteiger partial charge in [0, 0.05) is 0 Å². The number of rotatable bonds is 10. The fourth-order valence-electron chi connectivity index (χ4n) is 2.27. The summed E-state index contributed by atoms with van der Waals surface area (Å²) < 4.78 is 50.5. The second-order valence-corrected chi connectivity index (χ2v) is 9.62. The van der Waals surface area contributed by atoms with Crippen LogP contribution in [-0.2, 0) is 30.6 Å². The van der Waals surface area contributed by atoms with Gasteiger partial charge < -0.3 is 29.7 Å². The highest BCUT2D eigenvalue weighted by Gasteiger charge is 2.44. The van der Waals surface area contributed by atoms with E-state index in [4.69, 9.17) is 9.29 Å². The topological polar surface area (TPSA) is 189 Å². The van der Waals surface area contributed by atoms with Crippen molar-refractivity contribution < 1.29 is 47.0 Å². The Hall–Kier alpha value is -0.160. The summed E-state index contributed by atoms with van der Waals surface area (Å²) in [5.74, 6) is 0.522. The van der Waals surface area contributed by atoms with E-state index >= 15 is 0 Å². The van der Waals surface area contributed by atoms with Crippen molar-refractivity contribution in [2.24, 2.45) is 5.16 Å². The minimum absolute atomic E-state index is 0.0505. The molecule has 5 N–H and O–H groups in total. The van der Waals surface area contributed by atoms with Gasteiger partial charge in [0.05, 0.1) is 12.9 Å². The summed E-state index contributed by atoms with van der Waals surface area (Å²) >= 11 is -0.180. The summed E-state index contributed by atoms with van der Waals surface area (Å²) in [5, 5.41) is 42.2. The summed E-state index contributed by atoms with van der Waals surface area (Å²) in [6.07, 6.45) is -2.11. The zero-order chi connectivity index (χ0) is 20.6. The largest absolute Gasteiger partial charge is 0.617 e. The smallest absolute Gasteiger partial charge is 0.466 e. The molecule has 0 aromatic rings. The Morgan fingerprint density at radius 1 is 1.22 bits per heavy atom. The molecule has 0 radical (unpaired) electrons. The van der Waals surface area contributed by atoms with Gasteiger partial charge in [-0.2, -0.15) is 8.42 Å². The van der Waals surface area contributed by atoms with Crippen molar-refractivity contribution in [2.45, 2.75) is 55.5 Å². The molecule has 0 aromatic carbocycles. The van der Waals surface area contributed by atoms with Gasteiger partial charge >= 0.3 is 10.4 Å². The average Bonchev–Trinajstić information content (AvgIpc) is 2.58. The van der Waals surface area contributed by atoms with Crippen LogP contribution in [0.15, 0.2) is 5.16 Å². The Kier molecular flexibility index (Phi) is 10.8. The van der Waals surface area contributed by atoms with Crippen LogP contribution in [0.25, 0.3) is 0 Å². The van der Waals surface area contributed by atoms with Gasteiger partial charge in [0.15, 0.2) is 0 Å². The Bertz CT molecular complexity index is 571. The summed E-state index contributed by atoms with van der Waals surface area (Å²) in [5.41, 5.74) is -1.16. The highest BCUT2D eigenvalue weighted by molar-refractivity contribution is 8.14. The average molecular weight is 452 g/mol. The molecule has 1 rings (SSSR count). The van der Waals surface area contributed by atoms with Crippen LogP contribution < -0.4 is 0 Å². The molecule has 6 atom stereocenters. The van der Waals surface area contributed by atoms with E-state index in [2.05, 4.69) is 9.44 Å². The second-order valence-electron chi connectivity index (χ2n) is 5.89. The molecule has 1 fully saturated rings. The number of nitrogens with zero attached hydrogens (tertiary/aromatic N) is 1. The number of oxime groups is 1. The van der Waals surface area contributed by atoms with Gasteiger partial charge in [0.25, 0.3) is 0 Å². The first-order chi connectivity index (χ1) is 12.5. The molecule has 0 saturated carbocycles. The lowest BCUT2D eigenvalue weighted by atomic mass is 10.0. The molecule has 1 unspecified atom stereocenters. The first kappa shape index (κ1) is 24.9.